The maximum Gasteiger partial charge on any atom is 0.250 e. The summed E-state index contributed by atoms with van der Waals surface area (Å²) in [7, 11) is 0.707. The van der Waals surface area contributed by atoms with Crippen LogP contribution in [-0.2, 0) is 14.8 Å². The zero-order valence-electron chi connectivity index (χ0n) is 16.3. The second-order valence-corrected chi connectivity index (χ2v) is 9.17. The summed E-state index contributed by atoms with van der Waals surface area (Å²) in [5, 5.41) is 2.74. The molecule has 0 aromatic heterocycles. The highest BCUT2D eigenvalue weighted by molar-refractivity contribution is 7.95. The number of fused-ring (bicyclic) bond motifs is 1. The van der Waals surface area contributed by atoms with Crippen molar-refractivity contribution in [2.24, 2.45) is 5.92 Å². The molecule has 1 saturated carbocycles. The average Bonchev–Trinajstić information content (AvgIpc) is 3.43. The number of amides is 1. The summed E-state index contributed by atoms with van der Waals surface area (Å²) in [5.41, 5.74) is 0.974. The Bertz CT molecular complexity index is 1050. The molecule has 0 bridgehead atoms. The van der Waals surface area contributed by atoms with Crippen LogP contribution in [0, 0.1) is 5.92 Å². The number of hydrogen-bond donors (Lipinski definition) is 1. The van der Waals surface area contributed by atoms with E-state index in [2.05, 4.69) is 5.32 Å². The number of nitrogens with zero attached hydrogens (tertiary/aromatic N) is 1. The van der Waals surface area contributed by atoms with Gasteiger partial charge >= 0.3 is 0 Å². The number of carbonyl (C=O) groups excluding carboxylic acids is 1. The van der Waals surface area contributed by atoms with E-state index in [9.17, 15) is 13.2 Å². The van der Waals surface area contributed by atoms with Gasteiger partial charge in [-0.3, -0.25) is 9.10 Å². The van der Waals surface area contributed by atoms with E-state index < -0.39 is 20.7 Å². The van der Waals surface area contributed by atoms with E-state index >= 15 is 0 Å². The van der Waals surface area contributed by atoms with Gasteiger partial charge in [-0.25, -0.2) is 8.42 Å². The molecule has 1 N–H and O–H groups in total. The summed E-state index contributed by atoms with van der Waals surface area (Å²) in [6.07, 6.45) is 0.321. The Kier molecular flexibility index (Phi) is 4.57. The zero-order chi connectivity index (χ0) is 20.8. The summed E-state index contributed by atoms with van der Waals surface area (Å²) in [5.74, 6) is 0.841. The van der Waals surface area contributed by atoms with Crippen LogP contribution in [0.15, 0.2) is 42.5 Å². The number of methoxy groups -OCH3 is 3. The number of nitrogens with one attached hydrogen (secondary N) is 1. The molecule has 1 amide bonds. The molecule has 2 aromatic carbocycles. The molecule has 2 atom stereocenters. The predicted molar refractivity (Wildman–Crippen MR) is 108 cm³/mol. The van der Waals surface area contributed by atoms with Gasteiger partial charge in [0.25, 0.3) is 0 Å². The maximum atomic E-state index is 13.3. The number of carbonyl (C=O) groups is 1. The van der Waals surface area contributed by atoms with Crippen LogP contribution in [0.2, 0.25) is 0 Å². The molecule has 2 fully saturated rings. The van der Waals surface area contributed by atoms with Crippen LogP contribution >= 0.6 is 0 Å². The zero-order valence-corrected chi connectivity index (χ0v) is 17.2. The first-order valence-electron chi connectivity index (χ1n) is 9.07. The Balaban J connectivity index is 1.58. The Morgan fingerprint density at radius 2 is 1.72 bits per heavy atom. The molecule has 0 radical (unpaired) electrons. The van der Waals surface area contributed by atoms with Gasteiger partial charge in [-0.2, -0.15) is 0 Å². The number of ether oxygens (including phenoxy) is 3. The van der Waals surface area contributed by atoms with Crippen LogP contribution in [-0.4, -0.2) is 46.9 Å². The molecule has 0 spiro atoms. The Labute approximate surface area is 169 Å². The largest absolute Gasteiger partial charge is 0.497 e. The van der Waals surface area contributed by atoms with Crippen molar-refractivity contribution in [2.45, 2.75) is 11.2 Å². The van der Waals surface area contributed by atoms with Gasteiger partial charge in [-0.15, -0.1) is 0 Å². The van der Waals surface area contributed by atoms with E-state index in [4.69, 9.17) is 14.2 Å². The molecule has 2 aromatic rings. The van der Waals surface area contributed by atoms with E-state index in [1.165, 1.54) is 18.5 Å². The predicted octanol–water partition coefficient (Wildman–Crippen LogP) is 2.26. The minimum Gasteiger partial charge on any atom is -0.497 e. The van der Waals surface area contributed by atoms with Crippen LogP contribution in [0.3, 0.4) is 0 Å². The Hall–Kier alpha value is -2.94. The highest BCUT2D eigenvalue weighted by atomic mass is 32.2. The molecular formula is C20H22N2O6S. The van der Waals surface area contributed by atoms with Crippen LogP contribution in [0.1, 0.15) is 6.42 Å². The SMILES string of the molecule is COc1ccc(N2CC3CC3(C(=O)Nc3ccc(OC)c(OC)c3)S2(=O)=O)cc1. The molecule has 154 valence electrons. The maximum absolute atomic E-state index is 13.3. The van der Waals surface area contributed by atoms with Crippen molar-refractivity contribution >= 4 is 27.3 Å². The average molecular weight is 418 g/mol. The van der Waals surface area contributed by atoms with Gasteiger partial charge in [0.1, 0.15) is 5.75 Å². The quantitative estimate of drug-likeness (QED) is 0.773. The number of anilines is 2. The first-order valence-corrected chi connectivity index (χ1v) is 10.5. The molecule has 1 saturated heterocycles. The molecule has 29 heavy (non-hydrogen) atoms. The van der Waals surface area contributed by atoms with Crippen molar-refractivity contribution in [3.63, 3.8) is 0 Å². The third-order valence-electron chi connectivity index (χ3n) is 5.57. The molecular weight excluding hydrogens is 396 g/mol. The first kappa shape index (κ1) is 19.4. The number of rotatable bonds is 6. The Morgan fingerprint density at radius 1 is 1.03 bits per heavy atom. The van der Waals surface area contributed by atoms with Gasteiger partial charge in [-0.05, 0) is 42.8 Å². The third-order valence-corrected chi connectivity index (χ3v) is 8.12. The molecule has 8 nitrogen and oxygen atoms in total. The highest BCUT2D eigenvalue weighted by Crippen LogP contribution is 2.58. The van der Waals surface area contributed by atoms with Gasteiger partial charge in [0, 0.05) is 24.2 Å². The molecule has 4 rings (SSSR count). The van der Waals surface area contributed by atoms with Crippen LogP contribution in [0.25, 0.3) is 0 Å². The molecule has 9 heteroatoms. The minimum atomic E-state index is -3.85. The summed E-state index contributed by atoms with van der Waals surface area (Å²) in [4.78, 5) is 13.0. The summed E-state index contributed by atoms with van der Waals surface area (Å²) in [6, 6.07) is 11.7. The third kappa shape index (κ3) is 2.88. The van der Waals surface area contributed by atoms with Gasteiger partial charge in [0.15, 0.2) is 16.2 Å². The normalized spacial score (nSPS) is 23.8. The standard InChI is InChI=1S/C20H22N2O6S/c1-26-16-7-5-15(6-8-16)22-12-13-11-20(13,29(22,24)25)19(23)21-14-4-9-17(27-2)18(10-14)28-3/h4-10,13H,11-12H2,1-3H3,(H,21,23). The van der Waals surface area contributed by atoms with Crippen molar-refractivity contribution in [3.8, 4) is 17.2 Å². The van der Waals surface area contributed by atoms with Gasteiger partial charge < -0.3 is 19.5 Å². The number of sulfonamides is 1. The fourth-order valence-corrected chi connectivity index (χ4v) is 6.23. The lowest BCUT2D eigenvalue weighted by molar-refractivity contribution is -0.116. The lowest BCUT2D eigenvalue weighted by Crippen LogP contribution is -2.42. The molecule has 1 aliphatic carbocycles. The van der Waals surface area contributed by atoms with Gasteiger partial charge in [0.2, 0.25) is 15.9 Å². The molecule has 2 unspecified atom stereocenters. The van der Waals surface area contributed by atoms with Crippen LogP contribution in [0.5, 0.6) is 17.2 Å². The van der Waals surface area contributed by atoms with E-state index in [-0.39, 0.29) is 12.5 Å². The van der Waals surface area contributed by atoms with Gasteiger partial charge in [-0.1, -0.05) is 0 Å². The minimum absolute atomic E-state index is 0.241. The molecule has 1 heterocycles. The smallest absolute Gasteiger partial charge is 0.250 e. The second-order valence-electron chi connectivity index (χ2n) is 7.05. The van der Waals surface area contributed by atoms with E-state index in [1.54, 1.807) is 49.6 Å². The van der Waals surface area contributed by atoms with Crippen LogP contribution < -0.4 is 23.8 Å². The van der Waals surface area contributed by atoms with E-state index in [0.717, 1.165) is 0 Å². The lowest BCUT2D eigenvalue weighted by atomic mass is 10.2. The van der Waals surface area contributed by atoms with Crippen molar-refractivity contribution in [3.05, 3.63) is 42.5 Å². The summed E-state index contributed by atoms with van der Waals surface area (Å²) < 4.78 is 41.9. The Morgan fingerprint density at radius 3 is 2.34 bits per heavy atom. The lowest BCUT2D eigenvalue weighted by Gasteiger charge is -2.23. The summed E-state index contributed by atoms with van der Waals surface area (Å²) in [6.45, 7) is 0.286. The van der Waals surface area contributed by atoms with Crippen molar-refractivity contribution in [2.75, 3.05) is 37.5 Å². The summed E-state index contributed by atoms with van der Waals surface area (Å²) >= 11 is 0. The van der Waals surface area contributed by atoms with E-state index in [0.29, 0.717) is 35.0 Å². The topological polar surface area (TPSA) is 94.2 Å². The number of hydrogen-bond acceptors (Lipinski definition) is 6. The number of benzene rings is 2. The first-order chi connectivity index (χ1) is 13.9. The van der Waals surface area contributed by atoms with Crippen molar-refractivity contribution in [1.82, 2.24) is 0 Å². The van der Waals surface area contributed by atoms with Crippen molar-refractivity contribution < 1.29 is 27.4 Å². The van der Waals surface area contributed by atoms with E-state index in [1.807, 2.05) is 0 Å². The highest BCUT2D eigenvalue weighted by Gasteiger charge is 2.75. The van der Waals surface area contributed by atoms with Gasteiger partial charge in [0.05, 0.1) is 27.0 Å². The molecule has 1 aliphatic heterocycles. The monoisotopic (exact) mass is 418 g/mol. The fourth-order valence-electron chi connectivity index (χ4n) is 3.87. The second kappa shape index (κ2) is 6.84. The van der Waals surface area contributed by atoms with Crippen molar-refractivity contribution in [1.29, 1.82) is 0 Å². The molecule has 2 aliphatic rings. The fraction of sp³-hybridized carbons (Fsp3) is 0.350. The van der Waals surface area contributed by atoms with Crippen LogP contribution in [0.4, 0.5) is 11.4 Å².